The Bertz CT molecular complexity index is 90.6. The molecule has 0 aromatic heterocycles. The Labute approximate surface area is 72.4 Å². The van der Waals surface area contributed by atoms with Gasteiger partial charge >= 0.3 is 0 Å². The molecule has 0 saturated carbocycles. The summed E-state index contributed by atoms with van der Waals surface area (Å²) in [6, 6.07) is 0. The predicted molar refractivity (Wildman–Crippen MR) is 52.4 cm³/mol. The summed E-state index contributed by atoms with van der Waals surface area (Å²) in [7, 11) is 0. The second kappa shape index (κ2) is 4.13. The van der Waals surface area contributed by atoms with E-state index in [9.17, 15) is 0 Å². The molecule has 0 aliphatic carbocycles. The molecule has 0 saturated heterocycles. The van der Waals surface area contributed by atoms with Crippen LogP contribution < -0.4 is 0 Å². The maximum absolute atomic E-state index is 3.97. The van der Waals surface area contributed by atoms with Crippen LogP contribution in [0.25, 0.3) is 0 Å². The standard InChI is InChI=1S/C11H23/c1-7-9(3)11(5,6)10(4)8-2/h9-10H,1,7-8H2,2-6H3. The highest BCUT2D eigenvalue weighted by molar-refractivity contribution is 4.80. The van der Waals surface area contributed by atoms with Gasteiger partial charge in [0.15, 0.2) is 0 Å². The molecule has 0 amide bonds. The second-order valence-electron chi connectivity index (χ2n) is 4.32. The smallest absolute Gasteiger partial charge is 0.0303 e. The van der Waals surface area contributed by atoms with E-state index in [2.05, 4.69) is 41.5 Å². The Morgan fingerprint density at radius 3 is 1.91 bits per heavy atom. The highest BCUT2D eigenvalue weighted by atomic mass is 14.3. The van der Waals surface area contributed by atoms with E-state index in [0.29, 0.717) is 5.41 Å². The van der Waals surface area contributed by atoms with Crippen LogP contribution in [-0.2, 0) is 0 Å². The number of hydrogen-bond donors (Lipinski definition) is 0. The molecule has 0 fully saturated rings. The molecule has 0 rings (SSSR count). The summed E-state index contributed by atoms with van der Waals surface area (Å²) >= 11 is 0. The molecule has 2 atom stereocenters. The van der Waals surface area contributed by atoms with E-state index in [0.717, 1.165) is 18.3 Å². The van der Waals surface area contributed by atoms with Crippen LogP contribution in [0.1, 0.15) is 47.5 Å². The van der Waals surface area contributed by atoms with Crippen LogP contribution in [0.4, 0.5) is 0 Å². The highest BCUT2D eigenvalue weighted by Crippen LogP contribution is 2.38. The van der Waals surface area contributed by atoms with Crippen molar-refractivity contribution in [3.05, 3.63) is 6.92 Å². The van der Waals surface area contributed by atoms with Crippen molar-refractivity contribution in [2.75, 3.05) is 0 Å². The third kappa shape index (κ3) is 2.50. The largest absolute Gasteiger partial charge is 0.0651 e. The van der Waals surface area contributed by atoms with Crippen molar-refractivity contribution in [3.8, 4) is 0 Å². The van der Waals surface area contributed by atoms with E-state index in [4.69, 9.17) is 0 Å². The summed E-state index contributed by atoms with van der Waals surface area (Å²) in [6.07, 6.45) is 2.33. The van der Waals surface area contributed by atoms with Crippen molar-refractivity contribution in [2.24, 2.45) is 17.3 Å². The quantitative estimate of drug-likeness (QED) is 0.577. The summed E-state index contributed by atoms with van der Waals surface area (Å²) in [5.41, 5.74) is 0.455. The molecule has 67 valence electrons. The lowest BCUT2D eigenvalue weighted by Crippen LogP contribution is -2.28. The molecular weight excluding hydrogens is 132 g/mol. The molecule has 0 aliphatic heterocycles. The third-order valence-electron chi connectivity index (χ3n) is 3.59. The van der Waals surface area contributed by atoms with Gasteiger partial charge in [0.05, 0.1) is 0 Å². The lowest BCUT2D eigenvalue weighted by Gasteiger charge is -2.36. The first-order chi connectivity index (χ1) is 4.96. The van der Waals surface area contributed by atoms with Crippen molar-refractivity contribution in [1.82, 2.24) is 0 Å². The minimum absolute atomic E-state index is 0.455. The first kappa shape index (κ1) is 11.0. The normalized spacial score (nSPS) is 18.0. The first-order valence-corrected chi connectivity index (χ1v) is 4.76. The topological polar surface area (TPSA) is 0 Å². The fraction of sp³-hybridized carbons (Fsp3) is 0.909. The zero-order valence-electron chi connectivity index (χ0n) is 8.78. The third-order valence-corrected chi connectivity index (χ3v) is 3.59. The molecule has 0 bridgehead atoms. The molecule has 0 heterocycles. The van der Waals surface area contributed by atoms with Gasteiger partial charge in [0.25, 0.3) is 0 Å². The molecular formula is C11H23. The van der Waals surface area contributed by atoms with E-state index in [1.807, 2.05) is 0 Å². The maximum atomic E-state index is 3.97. The molecule has 0 aromatic rings. The Morgan fingerprint density at radius 2 is 1.64 bits per heavy atom. The summed E-state index contributed by atoms with van der Waals surface area (Å²) in [4.78, 5) is 0. The molecule has 11 heavy (non-hydrogen) atoms. The van der Waals surface area contributed by atoms with Gasteiger partial charge in [-0.3, -0.25) is 0 Å². The Morgan fingerprint density at radius 1 is 1.18 bits per heavy atom. The second-order valence-corrected chi connectivity index (χ2v) is 4.32. The van der Waals surface area contributed by atoms with Crippen LogP contribution in [0.3, 0.4) is 0 Å². The number of hydrogen-bond acceptors (Lipinski definition) is 0. The van der Waals surface area contributed by atoms with Crippen LogP contribution in [0, 0.1) is 24.2 Å². The van der Waals surface area contributed by atoms with Crippen molar-refractivity contribution < 1.29 is 0 Å². The van der Waals surface area contributed by atoms with Gasteiger partial charge in [-0.05, 0) is 17.3 Å². The average Bonchev–Trinajstić information content (AvgIpc) is 2.01. The van der Waals surface area contributed by atoms with Gasteiger partial charge in [-0.2, -0.15) is 0 Å². The Balaban J connectivity index is 4.18. The van der Waals surface area contributed by atoms with Crippen molar-refractivity contribution in [1.29, 1.82) is 0 Å². The van der Waals surface area contributed by atoms with Crippen LogP contribution in [-0.4, -0.2) is 0 Å². The van der Waals surface area contributed by atoms with E-state index in [1.165, 1.54) is 6.42 Å². The molecule has 2 unspecified atom stereocenters. The van der Waals surface area contributed by atoms with Crippen molar-refractivity contribution in [2.45, 2.75) is 47.5 Å². The summed E-state index contributed by atoms with van der Waals surface area (Å²) in [5, 5.41) is 0. The van der Waals surface area contributed by atoms with Gasteiger partial charge in [0, 0.05) is 0 Å². The van der Waals surface area contributed by atoms with E-state index >= 15 is 0 Å². The van der Waals surface area contributed by atoms with Crippen molar-refractivity contribution in [3.63, 3.8) is 0 Å². The van der Waals surface area contributed by atoms with Gasteiger partial charge in [0.1, 0.15) is 0 Å². The monoisotopic (exact) mass is 155 g/mol. The summed E-state index contributed by atoms with van der Waals surface area (Å²) in [6.45, 7) is 15.6. The summed E-state index contributed by atoms with van der Waals surface area (Å²) in [5.74, 6) is 1.54. The maximum Gasteiger partial charge on any atom is -0.0303 e. The van der Waals surface area contributed by atoms with Gasteiger partial charge in [-0.25, -0.2) is 0 Å². The molecule has 0 aliphatic rings. The summed E-state index contributed by atoms with van der Waals surface area (Å²) < 4.78 is 0. The minimum Gasteiger partial charge on any atom is -0.0651 e. The average molecular weight is 155 g/mol. The fourth-order valence-electron chi connectivity index (χ4n) is 1.38. The predicted octanol–water partition coefficient (Wildman–Crippen LogP) is 3.92. The zero-order chi connectivity index (χ0) is 9.07. The van der Waals surface area contributed by atoms with Gasteiger partial charge in [0.2, 0.25) is 0 Å². The number of rotatable bonds is 4. The molecule has 0 spiro atoms. The van der Waals surface area contributed by atoms with E-state index in [1.54, 1.807) is 0 Å². The SMILES string of the molecule is [CH2]CC(C)C(C)(C)C(C)CC. The Kier molecular flexibility index (Phi) is 4.13. The highest BCUT2D eigenvalue weighted by Gasteiger charge is 2.29. The zero-order valence-corrected chi connectivity index (χ0v) is 8.78. The van der Waals surface area contributed by atoms with E-state index < -0.39 is 0 Å². The first-order valence-electron chi connectivity index (χ1n) is 4.76. The van der Waals surface area contributed by atoms with Crippen molar-refractivity contribution >= 4 is 0 Å². The van der Waals surface area contributed by atoms with Crippen LogP contribution >= 0.6 is 0 Å². The minimum atomic E-state index is 0.455. The van der Waals surface area contributed by atoms with E-state index in [-0.39, 0.29) is 0 Å². The van der Waals surface area contributed by atoms with Crippen LogP contribution in [0.15, 0.2) is 0 Å². The van der Waals surface area contributed by atoms with Crippen LogP contribution in [0.2, 0.25) is 0 Å². The van der Waals surface area contributed by atoms with Crippen LogP contribution in [0.5, 0.6) is 0 Å². The molecule has 0 nitrogen and oxygen atoms in total. The van der Waals surface area contributed by atoms with Gasteiger partial charge < -0.3 is 0 Å². The molecule has 0 heteroatoms. The Hall–Kier alpha value is 0. The molecule has 0 aromatic carbocycles. The lowest BCUT2D eigenvalue weighted by atomic mass is 9.69. The fourth-order valence-corrected chi connectivity index (χ4v) is 1.38. The van der Waals surface area contributed by atoms with Gasteiger partial charge in [-0.1, -0.05) is 54.4 Å². The lowest BCUT2D eigenvalue weighted by molar-refractivity contribution is 0.136. The van der Waals surface area contributed by atoms with Gasteiger partial charge in [-0.15, -0.1) is 0 Å². The molecule has 1 radical (unpaired) electrons. The molecule has 0 N–H and O–H groups in total.